The first-order valence-corrected chi connectivity index (χ1v) is 6.93. The van der Waals surface area contributed by atoms with Gasteiger partial charge in [0.05, 0.1) is 10.0 Å². The zero-order valence-corrected chi connectivity index (χ0v) is 12.8. The van der Waals surface area contributed by atoms with Gasteiger partial charge in [0.1, 0.15) is 17.3 Å². The second-order valence-corrected chi connectivity index (χ2v) is 5.84. The lowest BCUT2D eigenvalue weighted by atomic mass is 10.1. The van der Waals surface area contributed by atoms with Crippen LogP contribution in [0.15, 0.2) is 18.2 Å². The lowest BCUT2D eigenvalue weighted by Crippen LogP contribution is -2.09. The largest absolute Gasteiger partial charge is 0.383 e. The third kappa shape index (κ3) is 2.88. The van der Waals surface area contributed by atoms with Crippen LogP contribution >= 0.6 is 23.2 Å². The summed E-state index contributed by atoms with van der Waals surface area (Å²) in [6.45, 7) is 7.11. The number of aromatic nitrogens is 2. The van der Waals surface area contributed by atoms with Crippen LogP contribution in [0.2, 0.25) is 10.0 Å². The molecule has 0 saturated heterocycles. The number of anilines is 1. The molecule has 2 aromatic rings. The van der Waals surface area contributed by atoms with Crippen molar-refractivity contribution in [3.8, 4) is 11.3 Å². The molecule has 0 amide bonds. The fourth-order valence-corrected chi connectivity index (χ4v) is 2.33. The summed E-state index contributed by atoms with van der Waals surface area (Å²) < 4.78 is 2.03. The van der Waals surface area contributed by atoms with E-state index in [1.165, 1.54) is 0 Å². The van der Waals surface area contributed by atoms with Crippen LogP contribution in [0.3, 0.4) is 0 Å². The highest BCUT2D eigenvalue weighted by atomic mass is 35.5. The fraction of sp³-hybridized carbons (Fsp3) is 0.357. The minimum atomic E-state index is 0.509. The van der Waals surface area contributed by atoms with Crippen LogP contribution in [-0.4, -0.2) is 9.55 Å². The van der Waals surface area contributed by atoms with Gasteiger partial charge >= 0.3 is 0 Å². The van der Waals surface area contributed by atoms with Crippen molar-refractivity contribution in [1.29, 1.82) is 0 Å². The topological polar surface area (TPSA) is 43.8 Å². The number of nitrogen functional groups attached to an aromatic ring is 1. The molecule has 0 aliphatic heterocycles. The zero-order valence-electron chi connectivity index (χ0n) is 11.2. The summed E-state index contributed by atoms with van der Waals surface area (Å²) in [6.07, 6.45) is 0. The Morgan fingerprint density at radius 1 is 1.26 bits per heavy atom. The van der Waals surface area contributed by atoms with Gasteiger partial charge in [0.2, 0.25) is 0 Å². The highest BCUT2D eigenvalue weighted by Crippen LogP contribution is 2.31. The molecule has 2 N–H and O–H groups in total. The number of hydrogen-bond acceptors (Lipinski definition) is 2. The predicted octanol–water partition coefficient (Wildman–Crippen LogP) is 4.40. The molecule has 0 fully saturated rings. The average molecular weight is 298 g/mol. The highest BCUT2D eigenvalue weighted by Gasteiger charge is 2.15. The van der Waals surface area contributed by atoms with Gasteiger partial charge in [-0.15, -0.1) is 0 Å². The Bertz CT molecular complexity index is 603. The fourth-order valence-electron chi connectivity index (χ4n) is 2.03. The van der Waals surface area contributed by atoms with Crippen molar-refractivity contribution in [1.82, 2.24) is 9.55 Å². The molecule has 3 nitrogen and oxygen atoms in total. The van der Waals surface area contributed by atoms with Crippen molar-refractivity contribution in [3.63, 3.8) is 0 Å². The Kier molecular flexibility index (Phi) is 4.07. The Morgan fingerprint density at radius 3 is 2.53 bits per heavy atom. The molecular weight excluding hydrogens is 281 g/mol. The minimum Gasteiger partial charge on any atom is -0.383 e. The van der Waals surface area contributed by atoms with Gasteiger partial charge in [0.15, 0.2) is 0 Å². The van der Waals surface area contributed by atoms with Gasteiger partial charge < -0.3 is 10.3 Å². The summed E-state index contributed by atoms with van der Waals surface area (Å²) >= 11 is 12.0. The van der Waals surface area contributed by atoms with E-state index in [4.69, 9.17) is 28.9 Å². The highest BCUT2D eigenvalue weighted by molar-refractivity contribution is 6.42. The molecule has 1 heterocycles. The lowest BCUT2D eigenvalue weighted by Gasteiger charge is -2.10. The van der Waals surface area contributed by atoms with Crippen LogP contribution in [0.5, 0.6) is 0 Å². The van der Waals surface area contributed by atoms with Crippen LogP contribution in [0, 0.1) is 12.8 Å². The molecule has 0 atom stereocenters. The number of nitrogens with zero attached hydrogens (tertiary/aromatic N) is 2. The molecule has 0 bridgehead atoms. The second kappa shape index (κ2) is 5.43. The van der Waals surface area contributed by atoms with E-state index in [0.29, 0.717) is 21.8 Å². The van der Waals surface area contributed by atoms with Gasteiger partial charge in [-0.25, -0.2) is 4.98 Å². The maximum absolute atomic E-state index is 6.20. The van der Waals surface area contributed by atoms with Gasteiger partial charge in [0.25, 0.3) is 0 Å². The third-order valence-electron chi connectivity index (χ3n) is 2.94. The van der Waals surface area contributed by atoms with Crippen LogP contribution in [0.25, 0.3) is 11.3 Å². The van der Waals surface area contributed by atoms with Crippen molar-refractivity contribution < 1.29 is 0 Å². The molecule has 0 aliphatic carbocycles. The van der Waals surface area contributed by atoms with Crippen molar-refractivity contribution in [2.24, 2.45) is 5.92 Å². The van der Waals surface area contributed by atoms with Gasteiger partial charge in [-0.1, -0.05) is 43.1 Å². The summed E-state index contributed by atoms with van der Waals surface area (Å²) in [5.41, 5.74) is 7.84. The molecule has 5 heteroatoms. The maximum atomic E-state index is 6.20. The molecule has 1 aromatic carbocycles. The molecule has 0 unspecified atom stereocenters. The van der Waals surface area contributed by atoms with E-state index in [0.717, 1.165) is 23.6 Å². The molecule has 0 radical (unpaired) electrons. The molecule has 1 aromatic heterocycles. The summed E-state index contributed by atoms with van der Waals surface area (Å²) in [5, 5.41) is 1.04. The smallest absolute Gasteiger partial charge is 0.131 e. The number of imidazole rings is 1. The van der Waals surface area contributed by atoms with Crippen molar-refractivity contribution in [2.75, 3.05) is 5.73 Å². The van der Waals surface area contributed by atoms with E-state index in [2.05, 4.69) is 18.8 Å². The zero-order chi connectivity index (χ0) is 14.2. The Morgan fingerprint density at radius 2 is 1.95 bits per heavy atom. The molecular formula is C14H17Cl2N3. The van der Waals surface area contributed by atoms with E-state index in [-0.39, 0.29) is 0 Å². The number of hydrogen-bond donors (Lipinski definition) is 1. The molecule has 0 saturated carbocycles. The standard InChI is InChI=1S/C14H17Cl2N3/c1-8(2)7-19-9(3)18-13(14(19)17)10-4-5-11(15)12(16)6-10/h4-6,8H,7,17H2,1-3H3. The normalized spacial score (nSPS) is 11.3. The average Bonchev–Trinajstić information content (AvgIpc) is 2.60. The number of nitrogens with two attached hydrogens (primary N) is 1. The van der Waals surface area contributed by atoms with Gasteiger partial charge in [0, 0.05) is 12.1 Å². The van der Waals surface area contributed by atoms with Crippen molar-refractivity contribution >= 4 is 29.0 Å². The first kappa shape index (κ1) is 14.2. The third-order valence-corrected chi connectivity index (χ3v) is 3.68. The number of aryl methyl sites for hydroxylation is 1. The minimum absolute atomic E-state index is 0.509. The monoisotopic (exact) mass is 297 g/mol. The van der Waals surface area contributed by atoms with Gasteiger partial charge in [-0.05, 0) is 25.0 Å². The molecule has 102 valence electrons. The Hall–Kier alpha value is -1.19. The molecule has 19 heavy (non-hydrogen) atoms. The Balaban J connectivity index is 2.48. The first-order chi connectivity index (χ1) is 8.90. The molecule has 0 aliphatic rings. The van der Waals surface area contributed by atoms with E-state index in [1.54, 1.807) is 12.1 Å². The molecule has 2 rings (SSSR count). The SMILES string of the molecule is Cc1nc(-c2ccc(Cl)c(Cl)c2)c(N)n1CC(C)C. The summed E-state index contributed by atoms with van der Waals surface area (Å²) in [5.74, 6) is 2.09. The number of benzene rings is 1. The van der Waals surface area contributed by atoms with Gasteiger partial charge in [-0.3, -0.25) is 0 Å². The maximum Gasteiger partial charge on any atom is 0.131 e. The second-order valence-electron chi connectivity index (χ2n) is 5.03. The van der Waals surface area contributed by atoms with Gasteiger partial charge in [-0.2, -0.15) is 0 Å². The quantitative estimate of drug-likeness (QED) is 0.912. The molecule has 0 spiro atoms. The number of halogens is 2. The summed E-state index contributed by atoms with van der Waals surface area (Å²) in [6, 6.07) is 5.43. The lowest BCUT2D eigenvalue weighted by molar-refractivity contribution is 0.518. The summed E-state index contributed by atoms with van der Waals surface area (Å²) in [7, 11) is 0. The van der Waals surface area contributed by atoms with E-state index >= 15 is 0 Å². The Labute approximate surface area is 123 Å². The van der Waals surface area contributed by atoms with Crippen molar-refractivity contribution in [2.45, 2.75) is 27.3 Å². The summed E-state index contributed by atoms with van der Waals surface area (Å²) in [4.78, 5) is 4.54. The van der Waals surface area contributed by atoms with Crippen LogP contribution < -0.4 is 5.73 Å². The van der Waals surface area contributed by atoms with Crippen LogP contribution in [-0.2, 0) is 6.54 Å². The van der Waals surface area contributed by atoms with E-state index in [9.17, 15) is 0 Å². The van der Waals surface area contributed by atoms with Crippen LogP contribution in [0.1, 0.15) is 19.7 Å². The number of rotatable bonds is 3. The first-order valence-electron chi connectivity index (χ1n) is 6.18. The predicted molar refractivity (Wildman–Crippen MR) is 81.7 cm³/mol. The van der Waals surface area contributed by atoms with E-state index in [1.807, 2.05) is 17.6 Å². The van der Waals surface area contributed by atoms with Crippen molar-refractivity contribution in [3.05, 3.63) is 34.1 Å². The van der Waals surface area contributed by atoms with E-state index < -0.39 is 0 Å². The van der Waals surface area contributed by atoms with Crippen LogP contribution in [0.4, 0.5) is 5.82 Å².